The number of hydrogen-bond donors (Lipinski definition) is 0. The summed E-state index contributed by atoms with van der Waals surface area (Å²) in [6.07, 6.45) is 23.6. The van der Waals surface area contributed by atoms with Crippen molar-refractivity contribution in [1.29, 1.82) is 0 Å². The fourth-order valence-electron chi connectivity index (χ4n) is 2.30. The first-order valence-electron chi connectivity index (χ1n) is 8.81. The van der Waals surface area contributed by atoms with Gasteiger partial charge in [0.25, 0.3) is 0 Å². The smallest absolute Gasteiger partial charge is 0.0274 e. The van der Waals surface area contributed by atoms with Crippen LogP contribution in [0.2, 0.25) is 0 Å². The van der Waals surface area contributed by atoms with Crippen LogP contribution in [0, 0.1) is 0 Å². The molecule has 0 N–H and O–H groups in total. The van der Waals surface area contributed by atoms with Crippen molar-refractivity contribution in [2.75, 3.05) is 0 Å². The SMILES string of the molecule is CCCCCCCCC=C=CCCCCCCCC. The van der Waals surface area contributed by atoms with Crippen LogP contribution in [0.5, 0.6) is 0 Å². The third-order valence-electron chi connectivity index (χ3n) is 3.64. The van der Waals surface area contributed by atoms with E-state index in [2.05, 4.69) is 31.7 Å². The highest BCUT2D eigenvalue weighted by Gasteiger charge is 1.88. The van der Waals surface area contributed by atoms with Crippen molar-refractivity contribution in [3.05, 3.63) is 17.9 Å². The standard InChI is InChI=1S/C19H36/c1-3-5-7-9-11-13-15-17-19-18-16-14-12-10-8-6-4-2/h17-18H,3-16H2,1-2H3. The second-order valence-electron chi connectivity index (χ2n) is 5.69. The van der Waals surface area contributed by atoms with Crippen LogP contribution in [0.15, 0.2) is 17.9 Å². The van der Waals surface area contributed by atoms with Gasteiger partial charge in [0, 0.05) is 0 Å². The van der Waals surface area contributed by atoms with E-state index in [0.717, 1.165) is 0 Å². The third-order valence-corrected chi connectivity index (χ3v) is 3.64. The van der Waals surface area contributed by atoms with Gasteiger partial charge in [0.15, 0.2) is 0 Å². The van der Waals surface area contributed by atoms with E-state index in [-0.39, 0.29) is 0 Å². The minimum absolute atomic E-state index is 1.22. The molecule has 0 unspecified atom stereocenters. The molecule has 0 aliphatic carbocycles. The Morgan fingerprint density at radius 1 is 0.526 bits per heavy atom. The number of rotatable bonds is 14. The summed E-state index contributed by atoms with van der Waals surface area (Å²) in [4.78, 5) is 0. The average molecular weight is 264 g/mol. The number of unbranched alkanes of at least 4 members (excludes halogenated alkanes) is 12. The van der Waals surface area contributed by atoms with Crippen LogP contribution in [0.3, 0.4) is 0 Å². The van der Waals surface area contributed by atoms with Crippen molar-refractivity contribution in [2.45, 2.75) is 104 Å². The van der Waals surface area contributed by atoms with Gasteiger partial charge in [-0.3, -0.25) is 0 Å². The fraction of sp³-hybridized carbons (Fsp3) is 0.842. The zero-order valence-electron chi connectivity index (χ0n) is 13.6. The van der Waals surface area contributed by atoms with Crippen molar-refractivity contribution in [1.82, 2.24) is 0 Å². The molecule has 0 heterocycles. The molecule has 0 atom stereocenters. The van der Waals surface area contributed by atoms with Crippen molar-refractivity contribution in [3.63, 3.8) is 0 Å². The van der Waals surface area contributed by atoms with Gasteiger partial charge in [-0.25, -0.2) is 0 Å². The molecule has 0 aliphatic rings. The van der Waals surface area contributed by atoms with Crippen molar-refractivity contribution in [2.24, 2.45) is 0 Å². The molecule has 112 valence electrons. The predicted molar refractivity (Wildman–Crippen MR) is 88.6 cm³/mol. The molecule has 0 aromatic carbocycles. The minimum Gasteiger partial charge on any atom is -0.130 e. The topological polar surface area (TPSA) is 0 Å². The first kappa shape index (κ1) is 18.5. The van der Waals surface area contributed by atoms with Crippen LogP contribution in [-0.4, -0.2) is 0 Å². The van der Waals surface area contributed by atoms with Crippen LogP contribution in [-0.2, 0) is 0 Å². The van der Waals surface area contributed by atoms with E-state index in [1.54, 1.807) is 0 Å². The summed E-state index contributed by atoms with van der Waals surface area (Å²) >= 11 is 0. The Bertz CT molecular complexity index is 188. The maximum Gasteiger partial charge on any atom is -0.0274 e. The summed E-state index contributed by atoms with van der Waals surface area (Å²) in [7, 11) is 0. The average Bonchev–Trinajstić information content (AvgIpc) is 2.43. The zero-order chi connectivity index (χ0) is 14.0. The van der Waals surface area contributed by atoms with Gasteiger partial charge in [0.05, 0.1) is 0 Å². The predicted octanol–water partition coefficient (Wildman–Crippen LogP) is 7.20. The second kappa shape index (κ2) is 17.5. The van der Waals surface area contributed by atoms with E-state index in [1.165, 1.54) is 89.9 Å². The Balaban J connectivity index is 3.15. The Morgan fingerprint density at radius 2 is 0.895 bits per heavy atom. The van der Waals surface area contributed by atoms with Gasteiger partial charge in [-0.1, -0.05) is 78.1 Å². The number of allylic oxidation sites excluding steroid dienone is 1. The Kier molecular flexibility index (Phi) is 17.1. The van der Waals surface area contributed by atoms with Gasteiger partial charge in [-0.05, 0) is 37.8 Å². The van der Waals surface area contributed by atoms with E-state index in [0.29, 0.717) is 0 Å². The van der Waals surface area contributed by atoms with E-state index >= 15 is 0 Å². The third kappa shape index (κ3) is 17.5. The molecule has 0 heteroatoms. The van der Waals surface area contributed by atoms with Gasteiger partial charge in [0.1, 0.15) is 0 Å². The Labute approximate surface area is 122 Å². The summed E-state index contributed by atoms with van der Waals surface area (Å²) in [5.41, 5.74) is 3.34. The van der Waals surface area contributed by atoms with Crippen LogP contribution < -0.4 is 0 Å². The molecule has 0 amide bonds. The Hall–Kier alpha value is -0.480. The second-order valence-corrected chi connectivity index (χ2v) is 5.69. The first-order valence-corrected chi connectivity index (χ1v) is 8.81. The molecule has 0 saturated heterocycles. The van der Waals surface area contributed by atoms with Crippen molar-refractivity contribution < 1.29 is 0 Å². The normalized spacial score (nSPS) is 10.2. The van der Waals surface area contributed by atoms with Gasteiger partial charge in [-0.15, -0.1) is 5.73 Å². The summed E-state index contributed by atoms with van der Waals surface area (Å²) in [5, 5.41) is 0. The molecule has 0 aromatic heterocycles. The molecule has 0 nitrogen and oxygen atoms in total. The maximum atomic E-state index is 3.34. The van der Waals surface area contributed by atoms with Crippen LogP contribution in [0.1, 0.15) is 104 Å². The molecular formula is C19H36. The molecule has 0 saturated carbocycles. The molecular weight excluding hydrogens is 228 g/mol. The molecule has 0 spiro atoms. The summed E-state index contributed by atoms with van der Waals surface area (Å²) in [5.74, 6) is 0. The highest BCUT2D eigenvalue weighted by Crippen LogP contribution is 2.08. The lowest BCUT2D eigenvalue weighted by Crippen LogP contribution is -1.77. The van der Waals surface area contributed by atoms with Crippen molar-refractivity contribution in [3.8, 4) is 0 Å². The summed E-state index contributed by atoms with van der Waals surface area (Å²) in [6.45, 7) is 4.55. The monoisotopic (exact) mass is 264 g/mol. The largest absolute Gasteiger partial charge is 0.130 e. The summed E-state index contributed by atoms with van der Waals surface area (Å²) < 4.78 is 0. The van der Waals surface area contributed by atoms with Crippen LogP contribution in [0.25, 0.3) is 0 Å². The van der Waals surface area contributed by atoms with Crippen LogP contribution >= 0.6 is 0 Å². The van der Waals surface area contributed by atoms with Crippen molar-refractivity contribution >= 4 is 0 Å². The van der Waals surface area contributed by atoms with Gasteiger partial charge in [0.2, 0.25) is 0 Å². The molecule has 0 radical (unpaired) electrons. The van der Waals surface area contributed by atoms with E-state index in [4.69, 9.17) is 0 Å². The van der Waals surface area contributed by atoms with E-state index in [9.17, 15) is 0 Å². The molecule has 0 bridgehead atoms. The highest BCUT2D eigenvalue weighted by atomic mass is 13.9. The zero-order valence-corrected chi connectivity index (χ0v) is 13.6. The first-order chi connectivity index (χ1) is 9.41. The number of hydrogen-bond acceptors (Lipinski definition) is 0. The quantitative estimate of drug-likeness (QED) is 0.230. The van der Waals surface area contributed by atoms with E-state index < -0.39 is 0 Å². The Morgan fingerprint density at radius 3 is 1.32 bits per heavy atom. The molecule has 0 aliphatic heterocycles. The highest BCUT2D eigenvalue weighted by molar-refractivity contribution is 4.84. The lowest BCUT2D eigenvalue weighted by Gasteiger charge is -1.97. The van der Waals surface area contributed by atoms with E-state index in [1.807, 2.05) is 0 Å². The maximum absolute atomic E-state index is 3.34. The lowest BCUT2D eigenvalue weighted by molar-refractivity contribution is 0.610. The lowest BCUT2D eigenvalue weighted by atomic mass is 10.1. The molecule has 0 rings (SSSR count). The molecule has 0 fully saturated rings. The molecule has 0 aromatic rings. The minimum atomic E-state index is 1.22. The van der Waals surface area contributed by atoms with Gasteiger partial charge < -0.3 is 0 Å². The summed E-state index contributed by atoms with van der Waals surface area (Å²) in [6, 6.07) is 0. The van der Waals surface area contributed by atoms with Gasteiger partial charge in [-0.2, -0.15) is 0 Å². The van der Waals surface area contributed by atoms with Crippen LogP contribution in [0.4, 0.5) is 0 Å². The molecule has 19 heavy (non-hydrogen) atoms. The van der Waals surface area contributed by atoms with Gasteiger partial charge >= 0.3 is 0 Å². The fourth-order valence-corrected chi connectivity index (χ4v) is 2.30.